The molecule has 1 N–H and O–H groups in total. The van der Waals surface area contributed by atoms with E-state index in [0.717, 1.165) is 4.88 Å². The second-order valence-corrected chi connectivity index (χ2v) is 6.98. The number of hydrogen-bond acceptors (Lipinski definition) is 3. The Kier molecular flexibility index (Phi) is 6.45. The molecular weight excluding hydrogens is 355 g/mol. The Labute approximate surface area is 149 Å². The zero-order valence-electron chi connectivity index (χ0n) is 12.5. The molecule has 4 nitrogen and oxygen atoms in total. The average Bonchev–Trinajstić information content (AvgIpc) is 2.95. The number of rotatable bonds is 6. The van der Waals surface area contributed by atoms with Crippen molar-refractivity contribution in [1.82, 2.24) is 10.2 Å². The summed E-state index contributed by atoms with van der Waals surface area (Å²) >= 11 is 13.3. The van der Waals surface area contributed by atoms with Gasteiger partial charge in [-0.3, -0.25) is 9.59 Å². The van der Waals surface area contributed by atoms with E-state index >= 15 is 0 Å². The minimum absolute atomic E-state index is 0.0724. The molecule has 7 heteroatoms. The van der Waals surface area contributed by atoms with E-state index in [-0.39, 0.29) is 18.4 Å². The Bertz CT molecular complexity index is 703. The molecule has 0 radical (unpaired) electrons. The van der Waals surface area contributed by atoms with E-state index in [1.807, 2.05) is 13.0 Å². The Morgan fingerprint density at radius 3 is 2.52 bits per heavy atom. The topological polar surface area (TPSA) is 49.4 Å². The molecule has 0 fully saturated rings. The Balaban J connectivity index is 1.92. The van der Waals surface area contributed by atoms with Crippen LogP contribution in [0.3, 0.4) is 0 Å². The van der Waals surface area contributed by atoms with Gasteiger partial charge >= 0.3 is 0 Å². The molecule has 0 aliphatic heterocycles. The summed E-state index contributed by atoms with van der Waals surface area (Å²) in [5, 5.41) is 2.97. The Morgan fingerprint density at radius 2 is 1.91 bits per heavy atom. The maximum absolute atomic E-state index is 12.3. The SMILES string of the molecule is CCN(Cc1ccc(Cl)s1)C(=O)CNC(=O)c1ccccc1Cl. The van der Waals surface area contributed by atoms with Crippen molar-refractivity contribution in [3.05, 3.63) is 56.2 Å². The van der Waals surface area contributed by atoms with E-state index in [1.165, 1.54) is 11.3 Å². The van der Waals surface area contributed by atoms with Crippen LogP contribution in [-0.2, 0) is 11.3 Å². The lowest BCUT2D eigenvalue weighted by atomic mass is 10.2. The number of nitrogens with zero attached hydrogens (tertiary/aromatic N) is 1. The molecule has 122 valence electrons. The average molecular weight is 371 g/mol. The van der Waals surface area contributed by atoms with Gasteiger partial charge in [0, 0.05) is 11.4 Å². The highest BCUT2D eigenvalue weighted by atomic mass is 35.5. The number of carbonyl (C=O) groups is 2. The molecule has 0 atom stereocenters. The summed E-state index contributed by atoms with van der Waals surface area (Å²) in [6.07, 6.45) is 0. The van der Waals surface area contributed by atoms with E-state index < -0.39 is 0 Å². The highest BCUT2D eigenvalue weighted by Crippen LogP contribution is 2.22. The summed E-state index contributed by atoms with van der Waals surface area (Å²) in [6, 6.07) is 10.4. The number of hydrogen-bond donors (Lipinski definition) is 1. The Hall–Kier alpha value is -1.56. The third-order valence-electron chi connectivity index (χ3n) is 3.23. The first-order valence-electron chi connectivity index (χ1n) is 7.06. The number of thiophene rings is 1. The van der Waals surface area contributed by atoms with Crippen LogP contribution in [0.4, 0.5) is 0 Å². The molecule has 0 unspecified atom stereocenters. The first-order chi connectivity index (χ1) is 11.0. The summed E-state index contributed by atoms with van der Waals surface area (Å²) in [4.78, 5) is 27.0. The molecule has 0 bridgehead atoms. The van der Waals surface area contributed by atoms with Crippen LogP contribution in [0.25, 0.3) is 0 Å². The second-order valence-electron chi connectivity index (χ2n) is 4.78. The smallest absolute Gasteiger partial charge is 0.253 e. The van der Waals surface area contributed by atoms with Crippen molar-refractivity contribution in [3.63, 3.8) is 0 Å². The van der Waals surface area contributed by atoms with Crippen molar-refractivity contribution >= 4 is 46.4 Å². The minimum atomic E-state index is -0.362. The van der Waals surface area contributed by atoms with E-state index in [0.29, 0.717) is 28.0 Å². The van der Waals surface area contributed by atoms with Gasteiger partial charge in [0.15, 0.2) is 0 Å². The van der Waals surface area contributed by atoms with Gasteiger partial charge in [-0.15, -0.1) is 11.3 Å². The van der Waals surface area contributed by atoms with Gasteiger partial charge in [-0.25, -0.2) is 0 Å². The zero-order chi connectivity index (χ0) is 16.8. The fourth-order valence-corrected chi connectivity index (χ4v) is 3.33. The van der Waals surface area contributed by atoms with Crippen molar-refractivity contribution in [2.24, 2.45) is 0 Å². The molecule has 1 heterocycles. The van der Waals surface area contributed by atoms with Gasteiger partial charge in [0.1, 0.15) is 0 Å². The van der Waals surface area contributed by atoms with Gasteiger partial charge in [0.05, 0.1) is 28.0 Å². The lowest BCUT2D eigenvalue weighted by Crippen LogP contribution is -2.39. The molecule has 0 saturated heterocycles. The van der Waals surface area contributed by atoms with Crippen LogP contribution in [0, 0.1) is 0 Å². The van der Waals surface area contributed by atoms with E-state index in [2.05, 4.69) is 5.32 Å². The highest BCUT2D eigenvalue weighted by molar-refractivity contribution is 7.16. The van der Waals surface area contributed by atoms with Gasteiger partial charge in [0.2, 0.25) is 5.91 Å². The fraction of sp³-hybridized carbons (Fsp3) is 0.250. The summed E-state index contributed by atoms with van der Waals surface area (Å²) in [6.45, 7) is 2.85. The van der Waals surface area contributed by atoms with E-state index in [4.69, 9.17) is 23.2 Å². The van der Waals surface area contributed by atoms with Crippen molar-refractivity contribution in [2.45, 2.75) is 13.5 Å². The molecule has 0 aliphatic carbocycles. The lowest BCUT2D eigenvalue weighted by Gasteiger charge is -2.20. The van der Waals surface area contributed by atoms with Gasteiger partial charge in [-0.2, -0.15) is 0 Å². The Morgan fingerprint density at radius 1 is 1.17 bits per heavy atom. The minimum Gasteiger partial charge on any atom is -0.343 e. The van der Waals surface area contributed by atoms with Gasteiger partial charge in [0.25, 0.3) is 5.91 Å². The van der Waals surface area contributed by atoms with Gasteiger partial charge in [-0.1, -0.05) is 35.3 Å². The number of nitrogens with one attached hydrogen (secondary N) is 1. The van der Waals surface area contributed by atoms with Crippen LogP contribution < -0.4 is 5.32 Å². The van der Waals surface area contributed by atoms with Crippen molar-refractivity contribution in [3.8, 4) is 0 Å². The number of likely N-dealkylation sites (N-methyl/N-ethyl adjacent to an activating group) is 1. The fourth-order valence-electron chi connectivity index (χ4n) is 2.01. The molecule has 1 aromatic carbocycles. The largest absolute Gasteiger partial charge is 0.343 e. The monoisotopic (exact) mass is 370 g/mol. The third-order valence-corrected chi connectivity index (χ3v) is 4.77. The first kappa shape index (κ1) is 17.8. The summed E-state index contributed by atoms with van der Waals surface area (Å²) in [5.41, 5.74) is 0.357. The molecule has 0 spiro atoms. The van der Waals surface area contributed by atoms with Crippen molar-refractivity contribution in [2.75, 3.05) is 13.1 Å². The third kappa shape index (κ3) is 4.96. The van der Waals surface area contributed by atoms with Crippen LogP contribution >= 0.6 is 34.5 Å². The number of halogens is 2. The first-order valence-corrected chi connectivity index (χ1v) is 8.63. The molecule has 1 aromatic heterocycles. The maximum Gasteiger partial charge on any atom is 0.253 e. The molecule has 0 aliphatic rings. The maximum atomic E-state index is 12.3. The summed E-state index contributed by atoms with van der Waals surface area (Å²) in [5.74, 6) is -0.517. The predicted octanol–water partition coefficient (Wildman–Crippen LogP) is 3.83. The van der Waals surface area contributed by atoms with Gasteiger partial charge in [-0.05, 0) is 31.2 Å². The van der Waals surface area contributed by atoms with E-state index in [9.17, 15) is 9.59 Å². The van der Waals surface area contributed by atoms with Crippen LogP contribution in [0.15, 0.2) is 36.4 Å². The van der Waals surface area contributed by atoms with Crippen LogP contribution in [0.5, 0.6) is 0 Å². The zero-order valence-corrected chi connectivity index (χ0v) is 14.8. The molecule has 2 amide bonds. The normalized spacial score (nSPS) is 10.4. The summed E-state index contributed by atoms with van der Waals surface area (Å²) < 4.78 is 0.690. The molecule has 23 heavy (non-hydrogen) atoms. The predicted molar refractivity (Wildman–Crippen MR) is 94.2 cm³/mol. The number of carbonyl (C=O) groups excluding carboxylic acids is 2. The molecule has 2 rings (SSSR count). The van der Waals surface area contributed by atoms with E-state index in [1.54, 1.807) is 35.2 Å². The lowest BCUT2D eigenvalue weighted by molar-refractivity contribution is -0.130. The van der Waals surface area contributed by atoms with Crippen LogP contribution in [0.1, 0.15) is 22.2 Å². The van der Waals surface area contributed by atoms with Crippen LogP contribution in [-0.4, -0.2) is 29.8 Å². The number of amides is 2. The molecule has 2 aromatic rings. The molecule has 0 saturated carbocycles. The highest BCUT2D eigenvalue weighted by Gasteiger charge is 2.16. The van der Waals surface area contributed by atoms with Crippen molar-refractivity contribution < 1.29 is 9.59 Å². The van der Waals surface area contributed by atoms with Crippen molar-refractivity contribution in [1.29, 1.82) is 0 Å². The molecular formula is C16H16Cl2N2O2S. The standard InChI is InChI=1S/C16H16Cl2N2O2S/c1-2-20(10-11-7-8-14(18)23-11)15(21)9-19-16(22)12-5-3-4-6-13(12)17/h3-8H,2,9-10H2,1H3,(H,19,22). The summed E-state index contributed by atoms with van der Waals surface area (Å²) in [7, 11) is 0. The number of benzene rings is 1. The van der Waals surface area contributed by atoms with Crippen LogP contribution in [0.2, 0.25) is 9.36 Å². The quantitative estimate of drug-likeness (QED) is 0.839. The van der Waals surface area contributed by atoms with Gasteiger partial charge < -0.3 is 10.2 Å². The second kappa shape index (κ2) is 8.34.